The molecule has 2 aromatic rings. The van der Waals surface area contributed by atoms with Crippen LogP contribution in [0, 0.1) is 5.82 Å². The number of benzene rings is 1. The fourth-order valence-corrected chi connectivity index (χ4v) is 2.09. The summed E-state index contributed by atoms with van der Waals surface area (Å²) in [6.07, 6.45) is 0. The van der Waals surface area contributed by atoms with E-state index in [4.69, 9.17) is 0 Å². The predicted molar refractivity (Wildman–Crippen MR) is 61.3 cm³/mol. The molecule has 1 aromatic carbocycles. The molecule has 16 heavy (non-hydrogen) atoms. The molecule has 0 amide bonds. The molecule has 0 saturated carbocycles. The smallest absolute Gasteiger partial charge is 0.196 e. The van der Waals surface area contributed by atoms with Crippen LogP contribution in [-0.4, -0.2) is 27.8 Å². The second kappa shape index (κ2) is 3.67. The molecule has 1 aromatic heterocycles. The van der Waals surface area contributed by atoms with E-state index in [0.717, 1.165) is 18.3 Å². The number of aromatic nitrogens is 2. The first-order valence-corrected chi connectivity index (χ1v) is 5.54. The Morgan fingerprint density at radius 3 is 3.12 bits per heavy atom. The summed E-state index contributed by atoms with van der Waals surface area (Å²) >= 11 is 1.07. The summed E-state index contributed by atoms with van der Waals surface area (Å²) in [5, 5.41) is 5.92. The van der Waals surface area contributed by atoms with Crippen LogP contribution in [0.25, 0.3) is 11.0 Å². The van der Waals surface area contributed by atoms with Gasteiger partial charge in [0.25, 0.3) is 0 Å². The normalized spacial score (nSPS) is 14.9. The zero-order valence-electron chi connectivity index (χ0n) is 8.20. The number of hydrogen-bond acceptors (Lipinski definition) is 6. The Morgan fingerprint density at radius 2 is 2.31 bits per heavy atom. The Balaban J connectivity index is 2.06. The van der Waals surface area contributed by atoms with E-state index in [1.54, 1.807) is 6.07 Å². The van der Waals surface area contributed by atoms with Crippen molar-refractivity contribution < 1.29 is 4.39 Å². The molecule has 3 rings (SSSR count). The molecule has 0 atom stereocenters. The molecule has 2 heterocycles. The van der Waals surface area contributed by atoms with Gasteiger partial charge in [0.2, 0.25) is 0 Å². The van der Waals surface area contributed by atoms with E-state index in [0.29, 0.717) is 29.2 Å². The number of anilines is 1. The molecule has 0 aliphatic carbocycles. The number of guanidine groups is 1. The lowest BCUT2D eigenvalue weighted by molar-refractivity contribution is 0.633. The van der Waals surface area contributed by atoms with Crippen molar-refractivity contribution in [3.05, 3.63) is 17.9 Å². The fourth-order valence-electron chi connectivity index (χ4n) is 1.55. The van der Waals surface area contributed by atoms with Gasteiger partial charge in [-0.2, -0.15) is 8.75 Å². The summed E-state index contributed by atoms with van der Waals surface area (Å²) in [5.41, 5.74) is 1.56. The number of rotatable bonds is 1. The first-order chi connectivity index (χ1) is 7.84. The summed E-state index contributed by atoms with van der Waals surface area (Å²) in [5.74, 6) is 0.232. The number of nitrogens with one attached hydrogen (secondary N) is 2. The molecule has 0 saturated heterocycles. The number of halogens is 1. The van der Waals surface area contributed by atoms with Crippen molar-refractivity contribution in [2.75, 3.05) is 18.4 Å². The molecular formula is C9H8FN5S. The molecule has 0 fully saturated rings. The quantitative estimate of drug-likeness (QED) is 0.781. The number of hydrogen-bond donors (Lipinski definition) is 2. The second-order valence-corrected chi connectivity index (χ2v) is 3.86. The SMILES string of the molecule is [18F]c1ccc2nsnc2c1NC1=NCCN1. The van der Waals surface area contributed by atoms with Crippen molar-refractivity contribution in [3.8, 4) is 0 Å². The first kappa shape index (κ1) is 9.46. The van der Waals surface area contributed by atoms with Gasteiger partial charge in [0, 0.05) is 6.54 Å². The molecule has 2 N–H and O–H groups in total. The average Bonchev–Trinajstić information content (AvgIpc) is 2.92. The minimum Gasteiger partial charge on any atom is -0.354 e. The molecule has 82 valence electrons. The van der Waals surface area contributed by atoms with Crippen LogP contribution in [0.4, 0.5) is 10.1 Å². The van der Waals surface area contributed by atoms with Gasteiger partial charge in [-0.1, -0.05) is 0 Å². The highest BCUT2D eigenvalue weighted by molar-refractivity contribution is 7.00. The Morgan fingerprint density at radius 1 is 1.38 bits per heavy atom. The maximum absolute atomic E-state index is 13.6. The Kier molecular flexibility index (Phi) is 2.17. The van der Waals surface area contributed by atoms with Crippen molar-refractivity contribution in [1.29, 1.82) is 0 Å². The highest BCUT2D eigenvalue weighted by atomic mass is 32.1. The van der Waals surface area contributed by atoms with Crippen LogP contribution in [0.3, 0.4) is 0 Å². The van der Waals surface area contributed by atoms with Crippen LogP contribution in [0.1, 0.15) is 0 Å². The van der Waals surface area contributed by atoms with Crippen molar-refractivity contribution in [2.24, 2.45) is 4.99 Å². The minimum absolute atomic E-state index is 0.333. The van der Waals surface area contributed by atoms with Crippen LogP contribution >= 0.6 is 11.7 Å². The molecule has 1 aliphatic heterocycles. The maximum Gasteiger partial charge on any atom is 0.196 e. The predicted octanol–water partition coefficient (Wildman–Crippen LogP) is 1.20. The minimum atomic E-state index is -0.350. The number of fused-ring (bicyclic) bond motifs is 1. The molecule has 0 radical (unpaired) electrons. The summed E-state index contributed by atoms with van der Waals surface area (Å²) < 4.78 is 21.8. The van der Waals surface area contributed by atoms with Gasteiger partial charge in [-0.05, 0) is 12.1 Å². The van der Waals surface area contributed by atoms with E-state index < -0.39 is 0 Å². The zero-order valence-corrected chi connectivity index (χ0v) is 9.01. The molecule has 0 unspecified atom stereocenters. The van der Waals surface area contributed by atoms with Crippen molar-refractivity contribution in [3.63, 3.8) is 0 Å². The zero-order chi connectivity index (χ0) is 11.0. The summed E-state index contributed by atoms with van der Waals surface area (Å²) in [4.78, 5) is 4.15. The summed E-state index contributed by atoms with van der Waals surface area (Å²) in [6.45, 7) is 1.48. The summed E-state index contributed by atoms with van der Waals surface area (Å²) in [7, 11) is 0. The standard InChI is InChI=1S/C9H8FN5S/c10-5-1-2-6-8(15-16-14-6)7(5)13-9-11-3-4-12-9/h1-2H,3-4H2,(H2,11,12,13)/i10-1. The van der Waals surface area contributed by atoms with Crippen molar-refractivity contribution in [2.45, 2.75) is 0 Å². The van der Waals surface area contributed by atoms with E-state index in [1.165, 1.54) is 6.07 Å². The lowest BCUT2D eigenvalue weighted by Gasteiger charge is -2.07. The average molecular weight is 236 g/mol. The second-order valence-electron chi connectivity index (χ2n) is 3.34. The maximum atomic E-state index is 13.6. The van der Waals surface area contributed by atoms with E-state index in [-0.39, 0.29) is 5.82 Å². The van der Waals surface area contributed by atoms with Gasteiger partial charge in [0.1, 0.15) is 22.5 Å². The molecule has 1 aliphatic rings. The van der Waals surface area contributed by atoms with E-state index in [9.17, 15) is 4.39 Å². The van der Waals surface area contributed by atoms with Gasteiger partial charge >= 0.3 is 0 Å². The third-order valence-electron chi connectivity index (χ3n) is 2.29. The van der Waals surface area contributed by atoms with Crippen molar-refractivity contribution in [1.82, 2.24) is 14.1 Å². The fraction of sp³-hybridized carbons (Fsp3) is 0.222. The third-order valence-corrected chi connectivity index (χ3v) is 2.84. The van der Waals surface area contributed by atoms with Gasteiger partial charge < -0.3 is 10.6 Å². The van der Waals surface area contributed by atoms with E-state index in [1.807, 2.05) is 0 Å². The van der Waals surface area contributed by atoms with Gasteiger partial charge in [-0.15, -0.1) is 0 Å². The Bertz CT molecular complexity index is 564. The van der Waals surface area contributed by atoms with Crippen LogP contribution in [-0.2, 0) is 0 Å². The van der Waals surface area contributed by atoms with Gasteiger partial charge in [-0.3, -0.25) is 4.99 Å². The van der Waals surface area contributed by atoms with E-state index in [2.05, 4.69) is 24.4 Å². The van der Waals surface area contributed by atoms with E-state index >= 15 is 0 Å². The van der Waals surface area contributed by atoms with Gasteiger partial charge in [-0.25, -0.2) is 4.39 Å². The molecule has 0 bridgehead atoms. The topological polar surface area (TPSA) is 62.2 Å². The Labute approximate surface area is 94.7 Å². The van der Waals surface area contributed by atoms with Crippen molar-refractivity contribution >= 4 is 34.4 Å². The highest BCUT2D eigenvalue weighted by Crippen LogP contribution is 2.24. The van der Waals surface area contributed by atoms with Gasteiger partial charge in [0.15, 0.2) is 5.96 Å². The largest absolute Gasteiger partial charge is 0.354 e. The first-order valence-electron chi connectivity index (χ1n) is 4.81. The summed E-state index contributed by atoms with van der Waals surface area (Å²) in [6, 6.07) is 2.99. The molecule has 7 heteroatoms. The lowest BCUT2D eigenvalue weighted by atomic mass is 10.2. The van der Waals surface area contributed by atoms with Crippen LogP contribution < -0.4 is 10.6 Å². The lowest BCUT2D eigenvalue weighted by Crippen LogP contribution is -2.26. The number of nitrogens with zero attached hydrogens (tertiary/aromatic N) is 3. The van der Waals surface area contributed by atoms with Crippen LogP contribution in [0.2, 0.25) is 0 Å². The molecule has 5 nitrogen and oxygen atoms in total. The third kappa shape index (κ3) is 1.49. The molecule has 0 spiro atoms. The number of aliphatic imine (C=N–C) groups is 1. The molecular weight excluding hydrogens is 228 g/mol. The Hall–Kier alpha value is -1.76. The van der Waals surface area contributed by atoms with Gasteiger partial charge in [0.05, 0.1) is 18.3 Å². The van der Waals surface area contributed by atoms with Crippen LogP contribution in [0.15, 0.2) is 17.1 Å². The van der Waals surface area contributed by atoms with Crippen LogP contribution in [0.5, 0.6) is 0 Å². The monoisotopic (exact) mass is 236 g/mol. The highest BCUT2D eigenvalue weighted by Gasteiger charge is 2.14.